The number of likely N-dealkylation sites (N-methyl/N-ethyl adjacent to an activating group) is 1. The molecule has 1 aliphatic heterocycles. The van der Waals surface area contributed by atoms with Crippen LogP contribution in [0, 0.1) is 5.92 Å². The molecule has 0 bridgehead atoms. The minimum atomic E-state index is -4.07. The van der Waals surface area contributed by atoms with E-state index >= 15 is 0 Å². The maximum absolute atomic E-state index is 12.7. The van der Waals surface area contributed by atoms with Crippen molar-refractivity contribution in [1.29, 1.82) is 0 Å². The van der Waals surface area contributed by atoms with Crippen LogP contribution in [0.4, 0.5) is 13.2 Å². The fourth-order valence-electron chi connectivity index (χ4n) is 2.50. The molecule has 0 amide bonds. The molecule has 1 fully saturated rings. The SMILES string of the molecule is CNC(C)(CO)CCCN1CCCC(C(F)(F)F)C1. The van der Waals surface area contributed by atoms with Gasteiger partial charge in [0.15, 0.2) is 0 Å². The van der Waals surface area contributed by atoms with E-state index in [0.29, 0.717) is 13.0 Å². The van der Waals surface area contributed by atoms with Crippen LogP contribution in [-0.4, -0.2) is 55.0 Å². The number of piperidine rings is 1. The van der Waals surface area contributed by atoms with E-state index in [9.17, 15) is 18.3 Å². The molecule has 0 radical (unpaired) electrons. The van der Waals surface area contributed by atoms with Gasteiger partial charge in [0.1, 0.15) is 0 Å². The van der Waals surface area contributed by atoms with Gasteiger partial charge in [0.05, 0.1) is 12.5 Å². The van der Waals surface area contributed by atoms with E-state index in [-0.39, 0.29) is 25.1 Å². The molecule has 1 heterocycles. The lowest BCUT2D eigenvalue weighted by molar-refractivity contribution is -0.186. The molecule has 2 atom stereocenters. The van der Waals surface area contributed by atoms with Crippen LogP contribution in [0.1, 0.15) is 32.6 Å². The zero-order chi connectivity index (χ0) is 14.5. The van der Waals surface area contributed by atoms with Crippen molar-refractivity contribution in [2.75, 3.05) is 33.3 Å². The van der Waals surface area contributed by atoms with Gasteiger partial charge in [-0.1, -0.05) is 0 Å². The Bertz CT molecular complexity index is 267. The minimum Gasteiger partial charge on any atom is -0.394 e. The summed E-state index contributed by atoms with van der Waals surface area (Å²) < 4.78 is 38.0. The number of halogens is 3. The molecule has 0 aromatic heterocycles. The number of alkyl halides is 3. The lowest BCUT2D eigenvalue weighted by atomic mass is 9.95. The normalized spacial score (nSPS) is 25.3. The smallest absolute Gasteiger partial charge is 0.393 e. The number of likely N-dealkylation sites (tertiary alicyclic amines) is 1. The Hall–Kier alpha value is -0.330. The van der Waals surface area contributed by atoms with Gasteiger partial charge >= 0.3 is 6.18 Å². The molecule has 1 rings (SSSR count). The van der Waals surface area contributed by atoms with E-state index in [2.05, 4.69) is 5.32 Å². The minimum absolute atomic E-state index is 0.0364. The maximum Gasteiger partial charge on any atom is 0.393 e. The highest BCUT2D eigenvalue weighted by molar-refractivity contribution is 4.82. The molecule has 19 heavy (non-hydrogen) atoms. The fourth-order valence-corrected chi connectivity index (χ4v) is 2.50. The molecule has 0 aromatic rings. The van der Waals surface area contributed by atoms with Crippen LogP contribution in [0.3, 0.4) is 0 Å². The first-order chi connectivity index (χ1) is 8.80. The lowest BCUT2D eigenvalue weighted by Gasteiger charge is -2.34. The number of nitrogens with one attached hydrogen (secondary N) is 1. The Balaban J connectivity index is 2.34. The lowest BCUT2D eigenvalue weighted by Crippen LogP contribution is -2.45. The standard InChI is InChI=1S/C13H25F3N2O/c1-12(10-19,17-2)6-4-8-18-7-3-5-11(9-18)13(14,15)16/h11,17,19H,3-10H2,1-2H3. The van der Waals surface area contributed by atoms with E-state index in [1.54, 1.807) is 7.05 Å². The van der Waals surface area contributed by atoms with E-state index in [1.807, 2.05) is 11.8 Å². The third-order valence-corrected chi connectivity index (χ3v) is 4.12. The van der Waals surface area contributed by atoms with Gasteiger partial charge in [-0.3, -0.25) is 0 Å². The Morgan fingerprint density at radius 2 is 2.05 bits per heavy atom. The number of aliphatic hydroxyl groups is 1. The molecule has 2 unspecified atom stereocenters. The summed E-state index contributed by atoms with van der Waals surface area (Å²) in [6, 6.07) is 0. The second-order valence-electron chi connectivity index (χ2n) is 5.75. The number of hydrogen-bond acceptors (Lipinski definition) is 3. The molecule has 0 spiro atoms. The van der Waals surface area contributed by atoms with Crippen LogP contribution in [-0.2, 0) is 0 Å². The Labute approximate surface area is 113 Å². The van der Waals surface area contributed by atoms with Crippen LogP contribution in [0.5, 0.6) is 0 Å². The summed E-state index contributed by atoms with van der Waals surface area (Å²) in [6.45, 7) is 3.50. The Kier molecular flexibility index (Phi) is 6.08. The largest absolute Gasteiger partial charge is 0.394 e. The van der Waals surface area contributed by atoms with Gasteiger partial charge in [-0.2, -0.15) is 13.2 Å². The van der Waals surface area contributed by atoms with E-state index in [0.717, 1.165) is 19.4 Å². The quantitative estimate of drug-likeness (QED) is 0.782. The first-order valence-corrected chi connectivity index (χ1v) is 6.89. The van der Waals surface area contributed by atoms with Crippen LogP contribution in [0.15, 0.2) is 0 Å². The predicted molar refractivity (Wildman–Crippen MR) is 69.0 cm³/mol. The summed E-state index contributed by atoms with van der Waals surface area (Å²) in [5, 5.41) is 12.3. The molecule has 2 N–H and O–H groups in total. The van der Waals surface area contributed by atoms with Crippen molar-refractivity contribution in [3.05, 3.63) is 0 Å². The van der Waals surface area contributed by atoms with Gasteiger partial charge in [0, 0.05) is 12.1 Å². The number of rotatable bonds is 6. The van der Waals surface area contributed by atoms with Gasteiger partial charge in [-0.25, -0.2) is 0 Å². The van der Waals surface area contributed by atoms with E-state index in [4.69, 9.17) is 0 Å². The van der Waals surface area contributed by atoms with E-state index in [1.165, 1.54) is 0 Å². The third-order valence-electron chi connectivity index (χ3n) is 4.12. The zero-order valence-electron chi connectivity index (χ0n) is 11.8. The summed E-state index contributed by atoms with van der Waals surface area (Å²) in [7, 11) is 1.79. The summed E-state index contributed by atoms with van der Waals surface area (Å²) in [5.74, 6) is -1.17. The molecule has 3 nitrogen and oxygen atoms in total. The van der Waals surface area contributed by atoms with Crippen molar-refractivity contribution in [1.82, 2.24) is 10.2 Å². The molecule has 6 heteroatoms. The average Bonchev–Trinajstić information content (AvgIpc) is 2.38. The Morgan fingerprint density at radius 1 is 1.37 bits per heavy atom. The summed E-state index contributed by atoms with van der Waals surface area (Å²) in [6.07, 6.45) is -1.64. The first kappa shape index (κ1) is 16.7. The van der Waals surface area contributed by atoms with Crippen LogP contribution >= 0.6 is 0 Å². The first-order valence-electron chi connectivity index (χ1n) is 6.89. The second-order valence-corrected chi connectivity index (χ2v) is 5.75. The summed E-state index contributed by atoms with van der Waals surface area (Å²) in [5.41, 5.74) is -0.334. The van der Waals surface area contributed by atoms with Gasteiger partial charge in [0.25, 0.3) is 0 Å². The maximum atomic E-state index is 12.7. The molecule has 0 saturated carbocycles. The zero-order valence-corrected chi connectivity index (χ0v) is 11.8. The molecule has 0 aliphatic carbocycles. The molecular weight excluding hydrogens is 257 g/mol. The van der Waals surface area contributed by atoms with Crippen molar-refractivity contribution in [2.45, 2.75) is 44.3 Å². The monoisotopic (exact) mass is 282 g/mol. The van der Waals surface area contributed by atoms with Crippen LogP contribution < -0.4 is 5.32 Å². The highest BCUT2D eigenvalue weighted by atomic mass is 19.4. The van der Waals surface area contributed by atoms with Crippen LogP contribution in [0.2, 0.25) is 0 Å². The van der Waals surface area contributed by atoms with Crippen molar-refractivity contribution in [3.63, 3.8) is 0 Å². The van der Waals surface area contributed by atoms with Gasteiger partial charge in [-0.05, 0) is 52.7 Å². The fraction of sp³-hybridized carbons (Fsp3) is 1.00. The van der Waals surface area contributed by atoms with Crippen LogP contribution in [0.25, 0.3) is 0 Å². The highest BCUT2D eigenvalue weighted by Crippen LogP contribution is 2.33. The molecule has 114 valence electrons. The second kappa shape index (κ2) is 6.90. The molecule has 0 aromatic carbocycles. The molecular formula is C13H25F3N2O. The van der Waals surface area contributed by atoms with Crippen molar-refractivity contribution in [2.24, 2.45) is 5.92 Å². The van der Waals surface area contributed by atoms with Gasteiger partial charge in [-0.15, -0.1) is 0 Å². The average molecular weight is 282 g/mol. The topological polar surface area (TPSA) is 35.5 Å². The number of aliphatic hydroxyl groups excluding tert-OH is 1. The van der Waals surface area contributed by atoms with Gasteiger partial charge in [0.2, 0.25) is 0 Å². The Morgan fingerprint density at radius 3 is 2.58 bits per heavy atom. The van der Waals surface area contributed by atoms with Gasteiger partial charge < -0.3 is 15.3 Å². The molecule has 1 aliphatic rings. The number of hydrogen-bond donors (Lipinski definition) is 2. The predicted octanol–water partition coefficient (Wildman–Crippen LogP) is 2.01. The highest BCUT2D eigenvalue weighted by Gasteiger charge is 2.41. The van der Waals surface area contributed by atoms with Crippen molar-refractivity contribution >= 4 is 0 Å². The summed E-state index contributed by atoms with van der Waals surface area (Å²) >= 11 is 0. The molecule has 1 saturated heterocycles. The number of nitrogens with zero attached hydrogens (tertiary/aromatic N) is 1. The van der Waals surface area contributed by atoms with E-state index < -0.39 is 12.1 Å². The van der Waals surface area contributed by atoms with Crippen molar-refractivity contribution in [3.8, 4) is 0 Å². The van der Waals surface area contributed by atoms with Crippen molar-refractivity contribution < 1.29 is 18.3 Å². The summed E-state index contributed by atoms with van der Waals surface area (Å²) in [4.78, 5) is 1.90. The third kappa shape index (κ3) is 5.28.